The number of carbonyl (C=O) groups is 4. The van der Waals surface area contributed by atoms with Crippen LogP contribution in [0.25, 0.3) is 0 Å². The van der Waals surface area contributed by atoms with Gasteiger partial charge in [0.1, 0.15) is 12.1 Å². The summed E-state index contributed by atoms with van der Waals surface area (Å²) in [5.74, 6) is -1.83. The molecular weight excluding hydrogens is 226 g/mol. The molecule has 7 heteroatoms. The minimum absolute atomic E-state index is 0.139. The third kappa shape index (κ3) is 2.00. The fraction of sp³-hybridized carbons (Fsp3) is 0.600. The topological polar surface area (TPSA) is 110 Å². The van der Waals surface area contributed by atoms with E-state index in [-0.39, 0.29) is 25.2 Å². The van der Waals surface area contributed by atoms with Gasteiger partial charge in [-0.15, -0.1) is 0 Å². The summed E-state index contributed by atoms with van der Waals surface area (Å²) in [6, 6.07) is -1.57. The lowest BCUT2D eigenvalue weighted by atomic mass is 10.1. The molecule has 0 radical (unpaired) electrons. The van der Waals surface area contributed by atoms with E-state index in [0.717, 1.165) is 4.90 Å². The van der Waals surface area contributed by atoms with Crippen molar-refractivity contribution in [1.82, 2.24) is 10.2 Å². The van der Waals surface area contributed by atoms with Crippen molar-refractivity contribution in [3.05, 3.63) is 0 Å². The highest BCUT2D eigenvalue weighted by atomic mass is 16.2. The van der Waals surface area contributed by atoms with E-state index in [1.54, 1.807) is 0 Å². The molecule has 2 saturated heterocycles. The van der Waals surface area contributed by atoms with E-state index in [1.807, 2.05) is 0 Å². The highest BCUT2D eigenvalue weighted by molar-refractivity contribution is 6.05. The van der Waals surface area contributed by atoms with Crippen LogP contribution < -0.4 is 11.1 Å². The minimum atomic E-state index is -0.868. The molecule has 0 bridgehead atoms. The monoisotopic (exact) mass is 239 g/mol. The molecule has 4 amide bonds. The highest BCUT2D eigenvalue weighted by Crippen LogP contribution is 2.21. The van der Waals surface area contributed by atoms with Gasteiger partial charge in [-0.05, 0) is 12.8 Å². The summed E-state index contributed by atoms with van der Waals surface area (Å²) >= 11 is 0. The highest BCUT2D eigenvalue weighted by Gasteiger charge is 2.43. The number of nitrogens with zero attached hydrogens (tertiary/aromatic N) is 1. The third-order valence-electron chi connectivity index (χ3n) is 3.07. The van der Waals surface area contributed by atoms with Crippen molar-refractivity contribution in [2.45, 2.75) is 37.8 Å². The van der Waals surface area contributed by atoms with Gasteiger partial charge in [-0.2, -0.15) is 0 Å². The number of primary amides is 1. The van der Waals surface area contributed by atoms with Crippen molar-refractivity contribution < 1.29 is 19.2 Å². The van der Waals surface area contributed by atoms with E-state index in [9.17, 15) is 19.2 Å². The lowest BCUT2D eigenvalue weighted by Gasteiger charge is -2.23. The average molecular weight is 239 g/mol. The molecule has 0 aromatic rings. The molecule has 2 heterocycles. The first-order valence-corrected chi connectivity index (χ1v) is 5.45. The zero-order valence-electron chi connectivity index (χ0n) is 9.14. The molecule has 2 rings (SSSR count). The van der Waals surface area contributed by atoms with E-state index in [1.165, 1.54) is 0 Å². The maximum atomic E-state index is 12.0. The van der Waals surface area contributed by atoms with Crippen LogP contribution in [0.1, 0.15) is 25.7 Å². The molecule has 2 fully saturated rings. The smallest absolute Gasteiger partial charge is 0.252 e. The van der Waals surface area contributed by atoms with Crippen LogP contribution in [0.2, 0.25) is 0 Å². The first-order chi connectivity index (χ1) is 8.00. The molecule has 0 saturated carbocycles. The van der Waals surface area contributed by atoms with Gasteiger partial charge in [0.2, 0.25) is 17.7 Å². The van der Waals surface area contributed by atoms with Gasteiger partial charge in [0.05, 0.1) is 0 Å². The van der Waals surface area contributed by atoms with Gasteiger partial charge in [0.25, 0.3) is 5.91 Å². The number of carbonyl (C=O) groups excluding carboxylic acids is 4. The second-order valence-corrected chi connectivity index (χ2v) is 4.22. The maximum absolute atomic E-state index is 12.0. The Morgan fingerprint density at radius 1 is 1.24 bits per heavy atom. The predicted octanol–water partition coefficient (Wildman–Crippen LogP) is -1.73. The minimum Gasteiger partial charge on any atom is -0.368 e. The molecule has 17 heavy (non-hydrogen) atoms. The summed E-state index contributed by atoms with van der Waals surface area (Å²) in [7, 11) is 0. The molecule has 3 N–H and O–H groups in total. The SMILES string of the molecule is NC(=O)C1CCC(=O)N1C(=O)C1CCC(=O)N1. The van der Waals surface area contributed by atoms with Crippen molar-refractivity contribution in [3.8, 4) is 0 Å². The van der Waals surface area contributed by atoms with Gasteiger partial charge in [-0.1, -0.05) is 0 Å². The molecule has 2 aliphatic rings. The van der Waals surface area contributed by atoms with Crippen LogP contribution in [0.3, 0.4) is 0 Å². The van der Waals surface area contributed by atoms with Crippen LogP contribution >= 0.6 is 0 Å². The van der Waals surface area contributed by atoms with Crippen LogP contribution in [-0.2, 0) is 19.2 Å². The van der Waals surface area contributed by atoms with Gasteiger partial charge in [-0.25, -0.2) is 0 Å². The van der Waals surface area contributed by atoms with E-state index in [4.69, 9.17) is 5.73 Å². The Kier molecular flexibility index (Phi) is 2.83. The molecule has 0 aromatic heterocycles. The molecule has 7 nitrogen and oxygen atoms in total. The molecule has 0 spiro atoms. The van der Waals surface area contributed by atoms with E-state index >= 15 is 0 Å². The summed E-state index contributed by atoms with van der Waals surface area (Å²) in [6.07, 6.45) is 1.02. The van der Waals surface area contributed by atoms with Crippen LogP contribution in [-0.4, -0.2) is 40.6 Å². The fourth-order valence-electron chi connectivity index (χ4n) is 2.20. The largest absolute Gasteiger partial charge is 0.368 e. The molecule has 2 atom stereocenters. The number of nitrogens with one attached hydrogen (secondary N) is 1. The lowest BCUT2D eigenvalue weighted by Crippen LogP contribution is -2.52. The number of nitrogens with two attached hydrogens (primary N) is 1. The quantitative estimate of drug-likeness (QED) is 0.558. The molecule has 2 aliphatic heterocycles. The number of imide groups is 1. The summed E-state index contributed by atoms with van der Waals surface area (Å²) in [5, 5.41) is 2.48. The first-order valence-electron chi connectivity index (χ1n) is 5.45. The number of likely N-dealkylation sites (tertiary alicyclic amines) is 1. The Morgan fingerprint density at radius 2 is 1.94 bits per heavy atom. The van der Waals surface area contributed by atoms with Gasteiger partial charge in [-0.3, -0.25) is 24.1 Å². The fourth-order valence-corrected chi connectivity index (χ4v) is 2.20. The number of hydrogen-bond acceptors (Lipinski definition) is 4. The molecule has 2 unspecified atom stereocenters. The Morgan fingerprint density at radius 3 is 2.47 bits per heavy atom. The Bertz CT molecular complexity index is 406. The van der Waals surface area contributed by atoms with Crippen molar-refractivity contribution in [3.63, 3.8) is 0 Å². The van der Waals surface area contributed by atoms with Crippen LogP contribution in [0.4, 0.5) is 0 Å². The predicted molar refractivity (Wildman–Crippen MR) is 55.2 cm³/mol. The lowest BCUT2D eigenvalue weighted by molar-refractivity contribution is -0.148. The van der Waals surface area contributed by atoms with Gasteiger partial charge >= 0.3 is 0 Å². The Hall–Kier alpha value is -1.92. The number of amides is 4. The van der Waals surface area contributed by atoms with Gasteiger partial charge in [0.15, 0.2) is 0 Å². The summed E-state index contributed by atoms with van der Waals surface area (Å²) in [4.78, 5) is 46.6. The van der Waals surface area contributed by atoms with Gasteiger partial charge < -0.3 is 11.1 Å². The number of hydrogen-bond donors (Lipinski definition) is 2. The normalized spacial score (nSPS) is 28.4. The van der Waals surface area contributed by atoms with Gasteiger partial charge in [0, 0.05) is 12.8 Å². The average Bonchev–Trinajstić information content (AvgIpc) is 2.83. The van der Waals surface area contributed by atoms with Crippen molar-refractivity contribution in [2.75, 3.05) is 0 Å². The summed E-state index contributed by atoms with van der Waals surface area (Å²) in [5.41, 5.74) is 5.14. The second kappa shape index (κ2) is 4.15. The Labute approximate surface area is 97.3 Å². The molecule has 92 valence electrons. The van der Waals surface area contributed by atoms with Crippen molar-refractivity contribution >= 4 is 23.6 Å². The summed E-state index contributed by atoms with van der Waals surface area (Å²) < 4.78 is 0. The molecular formula is C10H13N3O4. The first kappa shape index (κ1) is 11.6. The van der Waals surface area contributed by atoms with Crippen LogP contribution in [0.5, 0.6) is 0 Å². The maximum Gasteiger partial charge on any atom is 0.252 e. The molecule has 0 aromatic carbocycles. The summed E-state index contributed by atoms with van der Waals surface area (Å²) in [6.45, 7) is 0. The third-order valence-corrected chi connectivity index (χ3v) is 3.07. The van der Waals surface area contributed by atoms with Crippen LogP contribution in [0.15, 0.2) is 0 Å². The van der Waals surface area contributed by atoms with E-state index in [0.29, 0.717) is 6.42 Å². The van der Waals surface area contributed by atoms with Crippen molar-refractivity contribution in [1.29, 1.82) is 0 Å². The van der Waals surface area contributed by atoms with Crippen molar-refractivity contribution in [2.24, 2.45) is 5.73 Å². The molecule has 0 aliphatic carbocycles. The van der Waals surface area contributed by atoms with E-state index < -0.39 is 29.8 Å². The standard InChI is InChI=1S/C10H13N3O4/c11-9(16)6-2-4-8(15)13(6)10(17)5-1-3-7(14)12-5/h5-6H,1-4H2,(H2,11,16)(H,12,14). The Balaban J connectivity index is 2.14. The van der Waals surface area contributed by atoms with E-state index in [2.05, 4.69) is 5.32 Å². The van der Waals surface area contributed by atoms with Crippen LogP contribution in [0, 0.1) is 0 Å². The zero-order chi connectivity index (χ0) is 12.6. The second-order valence-electron chi connectivity index (χ2n) is 4.22. The number of rotatable bonds is 2. The zero-order valence-corrected chi connectivity index (χ0v) is 9.14.